The molecule has 3 atom stereocenters. The maximum atomic E-state index is 13.3. The number of alkyl halides is 1. The van der Waals surface area contributed by atoms with Gasteiger partial charge in [0.15, 0.2) is 0 Å². The fraction of sp³-hybridized carbons (Fsp3) is 0.923. The van der Waals surface area contributed by atoms with E-state index < -0.39 is 6.17 Å². The summed E-state index contributed by atoms with van der Waals surface area (Å²) in [6.45, 7) is 5.02. The Morgan fingerprint density at radius 3 is 2.76 bits per heavy atom. The van der Waals surface area contributed by atoms with E-state index in [1.165, 1.54) is 12.8 Å². The quantitative estimate of drug-likeness (QED) is 0.726. The van der Waals surface area contributed by atoms with Crippen LogP contribution in [0.1, 0.15) is 26.2 Å². The Morgan fingerprint density at radius 2 is 2.06 bits per heavy atom. The highest BCUT2D eigenvalue weighted by Crippen LogP contribution is 2.38. The molecule has 3 aliphatic rings. The van der Waals surface area contributed by atoms with E-state index in [-0.39, 0.29) is 12.0 Å². The summed E-state index contributed by atoms with van der Waals surface area (Å²) in [5, 5.41) is 0. The lowest BCUT2D eigenvalue weighted by molar-refractivity contribution is -0.138. The molecule has 0 radical (unpaired) electrons. The zero-order chi connectivity index (χ0) is 12.0. The van der Waals surface area contributed by atoms with Crippen LogP contribution in [-0.2, 0) is 4.79 Å². The molecule has 3 rings (SSSR count). The Hall–Kier alpha value is -0.640. The summed E-state index contributed by atoms with van der Waals surface area (Å²) in [4.78, 5) is 16.4. The Bertz CT molecular complexity index is 319. The molecule has 3 nitrogen and oxygen atoms in total. The largest absolute Gasteiger partial charge is 0.340 e. The van der Waals surface area contributed by atoms with Gasteiger partial charge >= 0.3 is 0 Å². The SMILES string of the molecule is CC(C(=O)N1CCN2C[C@@H](F)C[C@H]2C1)C1CC1. The third-order valence-electron chi connectivity index (χ3n) is 4.60. The van der Waals surface area contributed by atoms with Crippen LogP contribution in [0.25, 0.3) is 0 Å². The number of carbonyl (C=O) groups excluding carboxylic acids is 1. The van der Waals surface area contributed by atoms with Crippen LogP contribution in [0.5, 0.6) is 0 Å². The van der Waals surface area contributed by atoms with Gasteiger partial charge in [0, 0.05) is 38.1 Å². The van der Waals surface area contributed by atoms with E-state index in [4.69, 9.17) is 0 Å². The highest BCUT2D eigenvalue weighted by Gasteiger charge is 2.40. The van der Waals surface area contributed by atoms with Crippen molar-refractivity contribution in [1.82, 2.24) is 9.80 Å². The summed E-state index contributed by atoms with van der Waals surface area (Å²) in [6.07, 6.45) is 2.35. The first kappa shape index (κ1) is 11.5. The second kappa shape index (κ2) is 4.23. The van der Waals surface area contributed by atoms with Crippen LogP contribution in [-0.4, -0.2) is 54.1 Å². The molecule has 3 fully saturated rings. The zero-order valence-corrected chi connectivity index (χ0v) is 10.4. The average Bonchev–Trinajstić information content (AvgIpc) is 3.08. The number of hydrogen-bond donors (Lipinski definition) is 0. The topological polar surface area (TPSA) is 23.6 Å². The van der Waals surface area contributed by atoms with Crippen LogP contribution >= 0.6 is 0 Å². The van der Waals surface area contributed by atoms with Gasteiger partial charge in [0.05, 0.1) is 0 Å². The molecular weight excluding hydrogens is 219 g/mol. The molecule has 2 aliphatic heterocycles. The second-order valence-corrected chi connectivity index (χ2v) is 5.89. The first-order chi connectivity index (χ1) is 8.15. The fourth-order valence-electron chi connectivity index (χ4n) is 3.27. The molecule has 1 unspecified atom stereocenters. The number of fused-ring (bicyclic) bond motifs is 1. The summed E-state index contributed by atoms with van der Waals surface area (Å²) >= 11 is 0. The van der Waals surface area contributed by atoms with Crippen LogP contribution < -0.4 is 0 Å². The molecule has 17 heavy (non-hydrogen) atoms. The summed E-state index contributed by atoms with van der Waals surface area (Å²) in [5.74, 6) is 1.11. The molecule has 2 saturated heterocycles. The standard InChI is InChI=1S/C13H21FN2O/c1-9(10-2-3-10)13(17)16-5-4-15-7-11(14)6-12(15)8-16/h9-12H,2-8H2,1H3/t9?,11-,12-/m0/s1. The van der Waals surface area contributed by atoms with E-state index in [0.717, 1.165) is 19.6 Å². The van der Waals surface area contributed by atoms with Crippen molar-refractivity contribution in [1.29, 1.82) is 0 Å². The molecule has 0 aromatic heterocycles. The molecule has 1 amide bonds. The molecule has 0 N–H and O–H groups in total. The first-order valence-electron chi connectivity index (χ1n) is 6.82. The Labute approximate surface area is 102 Å². The predicted molar refractivity (Wildman–Crippen MR) is 63.3 cm³/mol. The van der Waals surface area contributed by atoms with Gasteiger partial charge in [-0.3, -0.25) is 9.69 Å². The van der Waals surface area contributed by atoms with E-state index in [9.17, 15) is 9.18 Å². The normalized spacial score (nSPS) is 35.8. The number of amides is 1. The van der Waals surface area contributed by atoms with Crippen molar-refractivity contribution in [2.24, 2.45) is 11.8 Å². The predicted octanol–water partition coefficient (Wildman–Crippen LogP) is 1.29. The number of rotatable bonds is 2. The number of halogens is 1. The van der Waals surface area contributed by atoms with E-state index in [1.807, 2.05) is 4.90 Å². The third kappa shape index (κ3) is 2.19. The molecular formula is C13H21FN2O. The third-order valence-corrected chi connectivity index (χ3v) is 4.60. The van der Waals surface area contributed by atoms with Crippen LogP contribution in [0.2, 0.25) is 0 Å². The van der Waals surface area contributed by atoms with E-state index in [1.54, 1.807) is 0 Å². The Morgan fingerprint density at radius 1 is 1.29 bits per heavy atom. The molecule has 1 saturated carbocycles. The van der Waals surface area contributed by atoms with E-state index >= 15 is 0 Å². The van der Waals surface area contributed by atoms with Gasteiger partial charge in [-0.1, -0.05) is 6.92 Å². The summed E-state index contributed by atoms with van der Waals surface area (Å²) < 4.78 is 13.3. The molecule has 96 valence electrons. The summed E-state index contributed by atoms with van der Waals surface area (Å²) in [5.41, 5.74) is 0. The Balaban J connectivity index is 1.60. The van der Waals surface area contributed by atoms with Crippen molar-refractivity contribution in [3.05, 3.63) is 0 Å². The first-order valence-corrected chi connectivity index (χ1v) is 6.82. The van der Waals surface area contributed by atoms with Crippen LogP contribution in [0.3, 0.4) is 0 Å². The van der Waals surface area contributed by atoms with Crippen molar-refractivity contribution >= 4 is 5.91 Å². The minimum Gasteiger partial charge on any atom is -0.340 e. The number of hydrogen-bond acceptors (Lipinski definition) is 2. The van der Waals surface area contributed by atoms with Gasteiger partial charge in [0.25, 0.3) is 0 Å². The lowest BCUT2D eigenvalue weighted by Gasteiger charge is -2.38. The monoisotopic (exact) mass is 240 g/mol. The molecule has 0 spiro atoms. The molecule has 1 aliphatic carbocycles. The van der Waals surface area contributed by atoms with Gasteiger partial charge in [-0.05, 0) is 25.2 Å². The van der Waals surface area contributed by atoms with Crippen LogP contribution in [0, 0.1) is 11.8 Å². The average molecular weight is 240 g/mol. The highest BCUT2D eigenvalue weighted by molar-refractivity contribution is 5.79. The molecule has 0 aromatic carbocycles. The number of carbonyl (C=O) groups is 1. The van der Waals surface area contributed by atoms with Crippen LogP contribution in [0.15, 0.2) is 0 Å². The minimum absolute atomic E-state index is 0.184. The second-order valence-electron chi connectivity index (χ2n) is 5.89. The van der Waals surface area contributed by atoms with Gasteiger partial charge in [-0.15, -0.1) is 0 Å². The summed E-state index contributed by atoms with van der Waals surface area (Å²) in [6, 6.07) is 0.272. The highest BCUT2D eigenvalue weighted by atomic mass is 19.1. The van der Waals surface area contributed by atoms with Gasteiger partial charge in [0.2, 0.25) is 5.91 Å². The number of piperazine rings is 1. The lowest BCUT2D eigenvalue weighted by Crippen LogP contribution is -2.53. The van der Waals surface area contributed by atoms with Crippen molar-refractivity contribution in [2.75, 3.05) is 26.2 Å². The molecule has 4 heteroatoms. The van der Waals surface area contributed by atoms with Crippen molar-refractivity contribution < 1.29 is 9.18 Å². The van der Waals surface area contributed by atoms with Gasteiger partial charge in [-0.2, -0.15) is 0 Å². The molecule has 0 aromatic rings. The number of nitrogens with zero attached hydrogens (tertiary/aromatic N) is 2. The maximum Gasteiger partial charge on any atom is 0.225 e. The minimum atomic E-state index is -0.684. The van der Waals surface area contributed by atoms with Crippen molar-refractivity contribution in [2.45, 2.75) is 38.4 Å². The maximum absolute atomic E-state index is 13.3. The van der Waals surface area contributed by atoms with Crippen molar-refractivity contribution in [3.63, 3.8) is 0 Å². The van der Waals surface area contributed by atoms with Crippen LogP contribution in [0.4, 0.5) is 4.39 Å². The smallest absolute Gasteiger partial charge is 0.225 e. The lowest BCUT2D eigenvalue weighted by atomic mass is 10.0. The van der Waals surface area contributed by atoms with E-state index in [0.29, 0.717) is 24.8 Å². The molecule has 0 bridgehead atoms. The van der Waals surface area contributed by atoms with Gasteiger partial charge < -0.3 is 4.90 Å². The van der Waals surface area contributed by atoms with Gasteiger partial charge in [0.1, 0.15) is 6.17 Å². The summed E-state index contributed by atoms with van der Waals surface area (Å²) in [7, 11) is 0. The van der Waals surface area contributed by atoms with Crippen molar-refractivity contribution in [3.8, 4) is 0 Å². The van der Waals surface area contributed by atoms with E-state index in [2.05, 4.69) is 11.8 Å². The Kier molecular flexibility index (Phi) is 2.85. The fourth-order valence-corrected chi connectivity index (χ4v) is 3.27. The molecule has 2 heterocycles. The van der Waals surface area contributed by atoms with Gasteiger partial charge in [-0.25, -0.2) is 4.39 Å². The zero-order valence-electron chi connectivity index (χ0n) is 10.4.